The molecular formula is C12H20N2S. The fourth-order valence-electron chi connectivity index (χ4n) is 2.07. The Morgan fingerprint density at radius 3 is 3.20 bits per heavy atom. The second-order valence-electron chi connectivity index (χ2n) is 4.42. The maximum absolute atomic E-state index is 6.08. The first-order valence-corrected chi connectivity index (χ1v) is 6.71. The number of hydrogen-bond donors (Lipinski definition) is 2. The standard InChI is InChI=1S/C12H20N2S/c1-2-4-9-7-11(9)14-8-10(13)12-5-3-6-15-12/h3,5-6,9-11,14H,2,4,7-8,13H2,1H3. The van der Waals surface area contributed by atoms with Crippen LogP contribution in [0.2, 0.25) is 0 Å². The van der Waals surface area contributed by atoms with Gasteiger partial charge in [0.15, 0.2) is 0 Å². The molecule has 0 spiro atoms. The van der Waals surface area contributed by atoms with Gasteiger partial charge in [0.25, 0.3) is 0 Å². The fourth-order valence-corrected chi connectivity index (χ4v) is 2.80. The molecule has 15 heavy (non-hydrogen) atoms. The second kappa shape index (κ2) is 5.10. The van der Waals surface area contributed by atoms with Gasteiger partial charge in [-0.25, -0.2) is 0 Å². The molecule has 1 aromatic rings. The minimum absolute atomic E-state index is 0.174. The monoisotopic (exact) mass is 224 g/mol. The largest absolute Gasteiger partial charge is 0.322 e. The van der Waals surface area contributed by atoms with Gasteiger partial charge in [-0.05, 0) is 30.2 Å². The smallest absolute Gasteiger partial charge is 0.0516 e. The molecule has 84 valence electrons. The Labute approximate surface area is 95.9 Å². The zero-order chi connectivity index (χ0) is 10.7. The van der Waals surface area contributed by atoms with E-state index in [0.29, 0.717) is 0 Å². The van der Waals surface area contributed by atoms with E-state index in [0.717, 1.165) is 18.5 Å². The number of rotatable bonds is 6. The summed E-state index contributed by atoms with van der Waals surface area (Å²) < 4.78 is 0. The summed E-state index contributed by atoms with van der Waals surface area (Å²) in [5.41, 5.74) is 6.08. The van der Waals surface area contributed by atoms with Gasteiger partial charge in [0.1, 0.15) is 0 Å². The average molecular weight is 224 g/mol. The van der Waals surface area contributed by atoms with Crippen LogP contribution in [-0.2, 0) is 0 Å². The van der Waals surface area contributed by atoms with Crippen LogP contribution in [0.3, 0.4) is 0 Å². The molecule has 0 amide bonds. The molecule has 2 nitrogen and oxygen atoms in total. The van der Waals surface area contributed by atoms with E-state index in [1.165, 1.54) is 24.1 Å². The predicted molar refractivity (Wildman–Crippen MR) is 66.1 cm³/mol. The molecule has 1 aliphatic carbocycles. The molecule has 0 aromatic carbocycles. The van der Waals surface area contributed by atoms with Gasteiger partial charge in [-0.3, -0.25) is 0 Å². The van der Waals surface area contributed by atoms with E-state index in [2.05, 4.69) is 29.8 Å². The van der Waals surface area contributed by atoms with E-state index in [1.54, 1.807) is 11.3 Å². The molecule has 3 N–H and O–H groups in total. The third-order valence-electron chi connectivity index (χ3n) is 3.09. The molecule has 1 aromatic heterocycles. The Kier molecular flexibility index (Phi) is 3.78. The lowest BCUT2D eigenvalue weighted by Crippen LogP contribution is -2.28. The van der Waals surface area contributed by atoms with Crippen LogP contribution in [0.1, 0.15) is 37.1 Å². The normalized spacial score (nSPS) is 26.5. The van der Waals surface area contributed by atoms with Gasteiger partial charge in [0, 0.05) is 17.5 Å². The summed E-state index contributed by atoms with van der Waals surface area (Å²) in [7, 11) is 0. The molecule has 3 atom stereocenters. The predicted octanol–water partition coefficient (Wildman–Crippen LogP) is 2.53. The van der Waals surface area contributed by atoms with Crippen molar-refractivity contribution in [1.29, 1.82) is 0 Å². The lowest BCUT2D eigenvalue weighted by atomic mass is 10.2. The molecule has 3 unspecified atom stereocenters. The quantitative estimate of drug-likeness (QED) is 0.779. The minimum atomic E-state index is 0.174. The summed E-state index contributed by atoms with van der Waals surface area (Å²) in [6, 6.07) is 5.11. The first-order valence-electron chi connectivity index (χ1n) is 5.83. The van der Waals surface area contributed by atoms with Crippen molar-refractivity contribution in [1.82, 2.24) is 5.32 Å². The van der Waals surface area contributed by atoms with Crippen LogP contribution in [0.5, 0.6) is 0 Å². The van der Waals surface area contributed by atoms with Crippen LogP contribution in [0, 0.1) is 5.92 Å². The minimum Gasteiger partial charge on any atom is -0.322 e. The number of thiophene rings is 1. The highest BCUT2D eigenvalue weighted by Gasteiger charge is 2.35. The molecule has 1 saturated carbocycles. The van der Waals surface area contributed by atoms with Crippen LogP contribution in [0.15, 0.2) is 17.5 Å². The van der Waals surface area contributed by atoms with Gasteiger partial charge in [0.05, 0.1) is 6.04 Å². The Morgan fingerprint density at radius 2 is 2.53 bits per heavy atom. The van der Waals surface area contributed by atoms with Crippen molar-refractivity contribution in [2.75, 3.05) is 6.54 Å². The van der Waals surface area contributed by atoms with Crippen molar-refractivity contribution in [3.63, 3.8) is 0 Å². The Morgan fingerprint density at radius 1 is 1.67 bits per heavy atom. The SMILES string of the molecule is CCCC1CC1NCC(N)c1cccs1. The molecule has 0 bridgehead atoms. The van der Waals surface area contributed by atoms with Gasteiger partial charge in [-0.15, -0.1) is 11.3 Å². The van der Waals surface area contributed by atoms with Crippen LogP contribution in [-0.4, -0.2) is 12.6 Å². The highest BCUT2D eigenvalue weighted by molar-refractivity contribution is 7.10. The molecule has 2 rings (SSSR count). The van der Waals surface area contributed by atoms with E-state index in [9.17, 15) is 0 Å². The fraction of sp³-hybridized carbons (Fsp3) is 0.667. The van der Waals surface area contributed by atoms with E-state index in [4.69, 9.17) is 5.73 Å². The summed E-state index contributed by atoms with van der Waals surface area (Å²) >= 11 is 1.75. The van der Waals surface area contributed by atoms with Crippen molar-refractivity contribution in [3.05, 3.63) is 22.4 Å². The summed E-state index contributed by atoms with van der Waals surface area (Å²) in [5, 5.41) is 5.65. The van der Waals surface area contributed by atoms with Crippen molar-refractivity contribution in [2.24, 2.45) is 11.7 Å². The summed E-state index contributed by atoms with van der Waals surface area (Å²) in [6.07, 6.45) is 4.02. The number of nitrogens with two attached hydrogens (primary N) is 1. The van der Waals surface area contributed by atoms with E-state index in [-0.39, 0.29) is 6.04 Å². The molecular weight excluding hydrogens is 204 g/mol. The molecule has 3 heteroatoms. The van der Waals surface area contributed by atoms with Crippen molar-refractivity contribution >= 4 is 11.3 Å². The lowest BCUT2D eigenvalue weighted by molar-refractivity contribution is 0.559. The summed E-state index contributed by atoms with van der Waals surface area (Å²) in [4.78, 5) is 1.29. The van der Waals surface area contributed by atoms with Gasteiger partial charge >= 0.3 is 0 Å². The zero-order valence-electron chi connectivity index (χ0n) is 9.28. The second-order valence-corrected chi connectivity index (χ2v) is 5.40. The van der Waals surface area contributed by atoms with Crippen molar-refractivity contribution in [3.8, 4) is 0 Å². The van der Waals surface area contributed by atoms with Crippen LogP contribution < -0.4 is 11.1 Å². The third-order valence-corrected chi connectivity index (χ3v) is 4.09. The number of nitrogens with one attached hydrogen (secondary N) is 1. The molecule has 1 fully saturated rings. The molecule has 0 radical (unpaired) electrons. The molecule has 0 aliphatic heterocycles. The molecule has 1 heterocycles. The van der Waals surface area contributed by atoms with Gasteiger partial charge in [-0.1, -0.05) is 19.4 Å². The molecule has 0 saturated heterocycles. The lowest BCUT2D eigenvalue weighted by Gasteiger charge is -2.10. The zero-order valence-corrected chi connectivity index (χ0v) is 10.1. The summed E-state index contributed by atoms with van der Waals surface area (Å²) in [5.74, 6) is 0.922. The van der Waals surface area contributed by atoms with Crippen LogP contribution >= 0.6 is 11.3 Å². The maximum Gasteiger partial charge on any atom is 0.0516 e. The van der Waals surface area contributed by atoms with Gasteiger partial charge < -0.3 is 11.1 Å². The van der Waals surface area contributed by atoms with Gasteiger partial charge in [0.2, 0.25) is 0 Å². The number of hydrogen-bond acceptors (Lipinski definition) is 3. The Hall–Kier alpha value is -0.380. The highest BCUT2D eigenvalue weighted by atomic mass is 32.1. The van der Waals surface area contributed by atoms with Crippen LogP contribution in [0.4, 0.5) is 0 Å². The first kappa shape index (κ1) is 11.1. The van der Waals surface area contributed by atoms with Crippen molar-refractivity contribution < 1.29 is 0 Å². The van der Waals surface area contributed by atoms with E-state index < -0.39 is 0 Å². The van der Waals surface area contributed by atoms with E-state index >= 15 is 0 Å². The highest BCUT2D eigenvalue weighted by Crippen LogP contribution is 2.34. The topological polar surface area (TPSA) is 38.0 Å². The first-order chi connectivity index (χ1) is 7.31. The van der Waals surface area contributed by atoms with Gasteiger partial charge in [-0.2, -0.15) is 0 Å². The van der Waals surface area contributed by atoms with Crippen molar-refractivity contribution in [2.45, 2.75) is 38.3 Å². The van der Waals surface area contributed by atoms with E-state index in [1.807, 2.05) is 0 Å². The Bertz CT molecular complexity index is 284. The third kappa shape index (κ3) is 3.03. The molecule has 1 aliphatic rings. The summed E-state index contributed by atoms with van der Waals surface area (Å²) in [6.45, 7) is 3.18. The maximum atomic E-state index is 6.08. The Balaban J connectivity index is 1.67. The average Bonchev–Trinajstić information content (AvgIpc) is 2.78. The van der Waals surface area contributed by atoms with Crippen LogP contribution in [0.25, 0.3) is 0 Å².